The summed E-state index contributed by atoms with van der Waals surface area (Å²) in [5.41, 5.74) is 5.89. The normalized spacial score (nSPS) is 10.2. The lowest BCUT2D eigenvalue weighted by molar-refractivity contribution is -0.121. The van der Waals surface area contributed by atoms with Crippen molar-refractivity contribution >= 4 is 23.4 Å². The number of carbonyl (C=O) groups is 3. The molecule has 0 unspecified atom stereocenters. The fourth-order valence-electron chi connectivity index (χ4n) is 1.82. The standard InChI is InChI=1S/C15H21N3O3/c1-10(2)17-13(19)8-5-9-14(20)18-12-7-4-3-6-11(12)15(16)21/h3-4,6-7,10H,5,8-9H2,1-2H3,(H2,16,21)(H,17,19)(H,18,20). The third-order valence-electron chi connectivity index (χ3n) is 2.72. The van der Waals surface area contributed by atoms with E-state index >= 15 is 0 Å². The van der Waals surface area contributed by atoms with E-state index in [-0.39, 0.29) is 29.8 Å². The van der Waals surface area contributed by atoms with E-state index in [0.717, 1.165) is 0 Å². The Hall–Kier alpha value is -2.37. The monoisotopic (exact) mass is 291 g/mol. The van der Waals surface area contributed by atoms with Crippen LogP contribution in [0.1, 0.15) is 43.5 Å². The number of carbonyl (C=O) groups excluding carboxylic acids is 3. The Kier molecular flexibility index (Phi) is 6.39. The third kappa shape index (κ3) is 6.07. The summed E-state index contributed by atoms with van der Waals surface area (Å²) in [5.74, 6) is -0.918. The number of hydrogen-bond acceptors (Lipinski definition) is 3. The maximum Gasteiger partial charge on any atom is 0.250 e. The number of hydrogen-bond donors (Lipinski definition) is 3. The maximum absolute atomic E-state index is 11.8. The second-order valence-electron chi connectivity index (χ2n) is 5.03. The Morgan fingerprint density at radius 2 is 1.71 bits per heavy atom. The van der Waals surface area contributed by atoms with Crippen LogP contribution in [0.25, 0.3) is 0 Å². The molecule has 0 aliphatic rings. The van der Waals surface area contributed by atoms with E-state index in [0.29, 0.717) is 18.5 Å². The zero-order chi connectivity index (χ0) is 15.8. The van der Waals surface area contributed by atoms with Crippen LogP contribution in [-0.2, 0) is 9.59 Å². The van der Waals surface area contributed by atoms with Crippen molar-refractivity contribution in [2.75, 3.05) is 5.32 Å². The SMILES string of the molecule is CC(C)NC(=O)CCCC(=O)Nc1ccccc1C(N)=O. The Labute approximate surface area is 124 Å². The van der Waals surface area contributed by atoms with Gasteiger partial charge in [0.1, 0.15) is 0 Å². The van der Waals surface area contributed by atoms with Crippen molar-refractivity contribution in [3.8, 4) is 0 Å². The second-order valence-corrected chi connectivity index (χ2v) is 5.03. The first-order valence-corrected chi connectivity index (χ1v) is 6.88. The van der Waals surface area contributed by atoms with Gasteiger partial charge in [0.05, 0.1) is 11.3 Å². The number of primary amides is 1. The fourth-order valence-corrected chi connectivity index (χ4v) is 1.82. The molecule has 4 N–H and O–H groups in total. The molecular weight excluding hydrogens is 270 g/mol. The minimum atomic E-state index is -0.595. The molecule has 6 heteroatoms. The number of para-hydroxylation sites is 1. The fraction of sp³-hybridized carbons (Fsp3) is 0.400. The van der Waals surface area contributed by atoms with Crippen molar-refractivity contribution in [1.82, 2.24) is 5.32 Å². The molecule has 0 aliphatic heterocycles. The van der Waals surface area contributed by atoms with Gasteiger partial charge in [-0.1, -0.05) is 12.1 Å². The van der Waals surface area contributed by atoms with Gasteiger partial charge in [-0.15, -0.1) is 0 Å². The highest BCUT2D eigenvalue weighted by Gasteiger charge is 2.11. The summed E-state index contributed by atoms with van der Waals surface area (Å²) >= 11 is 0. The first-order valence-electron chi connectivity index (χ1n) is 6.88. The molecule has 21 heavy (non-hydrogen) atoms. The summed E-state index contributed by atoms with van der Waals surface area (Å²) in [6.45, 7) is 3.76. The van der Waals surface area contributed by atoms with E-state index in [9.17, 15) is 14.4 Å². The topological polar surface area (TPSA) is 101 Å². The number of benzene rings is 1. The number of anilines is 1. The Morgan fingerprint density at radius 1 is 1.10 bits per heavy atom. The van der Waals surface area contributed by atoms with Crippen molar-refractivity contribution in [3.05, 3.63) is 29.8 Å². The molecule has 3 amide bonds. The smallest absolute Gasteiger partial charge is 0.250 e. The molecule has 0 bridgehead atoms. The van der Waals surface area contributed by atoms with Gasteiger partial charge in [-0.3, -0.25) is 14.4 Å². The van der Waals surface area contributed by atoms with Crippen molar-refractivity contribution < 1.29 is 14.4 Å². The van der Waals surface area contributed by atoms with Gasteiger partial charge in [0.2, 0.25) is 11.8 Å². The Bertz CT molecular complexity index is 527. The molecule has 114 valence electrons. The van der Waals surface area contributed by atoms with Crippen molar-refractivity contribution in [1.29, 1.82) is 0 Å². The van der Waals surface area contributed by atoms with Gasteiger partial charge < -0.3 is 16.4 Å². The van der Waals surface area contributed by atoms with E-state index in [1.165, 1.54) is 0 Å². The van der Waals surface area contributed by atoms with Gasteiger partial charge in [0, 0.05) is 18.9 Å². The van der Waals surface area contributed by atoms with Crippen LogP contribution in [0.5, 0.6) is 0 Å². The summed E-state index contributed by atoms with van der Waals surface area (Å²) in [6.07, 6.45) is 0.949. The zero-order valence-corrected chi connectivity index (χ0v) is 12.3. The number of rotatable bonds is 7. The molecule has 1 rings (SSSR count). The molecule has 0 fully saturated rings. The Morgan fingerprint density at radius 3 is 2.33 bits per heavy atom. The molecule has 0 atom stereocenters. The first-order chi connectivity index (χ1) is 9.90. The Balaban J connectivity index is 2.44. The summed E-state index contributed by atoms with van der Waals surface area (Å²) in [6, 6.07) is 6.63. The van der Waals surface area contributed by atoms with Crippen LogP contribution in [0.3, 0.4) is 0 Å². The molecule has 0 heterocycles. The summed E-state index contributed by atoms with van der Waals surface area (Å²) in [4.78, 5) is 34.5. The van der Waals surface area contributed by atoms with E-state index < -0.39 is 5.91 Å². The zero-order valence-electron chi connectivity index (χ0n) is 12.3. The van der Waals surface area contributed by atoms with E-state index in [2.05, 4.69) is 10.6 Å². The molecule has 6 nitrogen and oxygen atoms in total. The van der Waals surface area contributed by atoms with Gasteiger partial charge in [-0.25, -0.2) is 0 Å². The summed E-state index contributed by atoms with van der Waals surface area (Å²) < 4.78 is 0. The van der Waals surface area contributed by atoms with Crippen LogP contribution >= 0.6 is 0 Å². The second kappa shape index (κ2) is 8.04. The van der Waals surface area contributed by atoms with Gasteiger partial charge in [0.25, 0.3) is 5.91 Å². The number of nitrogens with one attached hydrogen (secondary N) is 2. The molecule has 0 spiro atoms. The summed E-state index contributed by atoms with van der Waals surface area (Å²) in [5, 5.41) is 5.39. The van der Waals surface area contributed by atoms with Crippen LogP contribution in [0.15, 0.2) is 24.3 Å². The molecule has 0 aromatic heterocycles. The minimum Gasteiger partial charge on any atom is -0.366 e. The van der Waals surface area contributed by atoms with Crippen LogP contribution in [0, 0.1) is 0 Å². The highest BCUT2D eigenvalue weighted by atomic mass is 16.2. The van der Waals surface area contributed by atoms with Crippen molar-refractivity contribution in [2.45, 2.75) is 39.2 Å². The maximum atomic E-state index is 11.8. The molecule has 1 aromatic rings. The molecule has 0 aliphatic carbocycles. The molecule has 0 saturated heterocycles. The lowest BCUT2D eigenvalue weighted by Gasteiger charge is -2.09. The van der Waals surface area contributed by atoms with Crippen molar-refractivity contribution in [3.63, 3.8) is 0 Å². The van der Waals surface area contributed by atoms with Gasteiger partial charge in [0.15, 0.2) is 0 Å². The molecular formula is C15H21N3O3. The lowest BCUT2D eigenvalue weighted by atomic mass is 10.1. The van der Waals surface area contributed by atoms with E-state index in [1.807, 2.05) is 13.8 Å². The van der Waals surface area contributed by atoms with Gasteiger partial charge in [-0.2, -0.15) is 0 Å². The molecule has 1 aromatic carbocycles. The van der Waals surface area contributed by atoms with Crippen LogP contribution in [0.4, 0.5) is 5.69 Å². The van der Waals surface area contributed by atoms with Crippen LogP contribution in [0.2, 0.25) is 0 Å². The van der Waals surface area contributed by atoms with Crippen molar-refractivity contribution in [2.24, 2.45) is 5.73 Å². The van der Waals surface area contributed by atoms with E-state index in [1.54, 1.807) is 24.3 Å². The van der Waals surface area contributed by atoms with Crippen LogP contribution < -0.4 is 16.4 Å². The first kappa shape index (κ1) is 16.7. The average Bonchev–Trinajstić information content (AvgIpc) is 2.38. The van der Waals surface area contributed by atoms with E-state index in [4.69, 9.17) is 5.73 Å². The quantitative estimate of drug-likeness (QED) is 0.708. The third-order valence-corrected chi connectivity index (χ3v) is 2.72. The predicted molar refractivity (Wildman–Crippen MR) is 80.7 cm³/mol. The largest absolute Gasteiger partial charge is 0.366 e. The highest BCUT2D eigenvalue weighted by Crippen LogP contribution is 2.14. The summed E-state index contributed by atoms with van der Waals surface area (Å²) in [7, 11) is 0. The highest BCUT2D eigenvalue weighted by molar-refractivity contribution is 6.03. The van der Waals surface area contributed by atoms with Gasteiger partial charge in [-0.05, 0) is 32.4 Å². The molecule has 0 radical (unpaired) electrons. The lowest BCUT2D eigenvalue weighted by Crippen LogP contribution is -2.30. The van der Waals surface area contributed by atoms with Gasteiger partial charge >= 0.3 is 0 Å². The number of nitrogens with two attached hydrogens (primary N) is 1. The predicted octanol–water partition coefficient (Wildman–Crippen LogP) is 1.42. The number of amides is 3. The average molecular weight is 291 g/mol. The minimum absolute atomic E-state index is 0.0738. The molecule has 0 saturated carbocycles. The van der Waals surface area contributed by atoms with Crippen LogP contribution in [-0.4, -0.2) is 23.8 Å².